The molecule has 20 heavy (non-hydrogen) atoms. The summed E-state index contributed by atoms with van der Waals surface area (Å²) in [5.74, 6) is 0. The Morgan fingerprint density at radius 1 is 1.60 bits per heavy atom. The maximum atomic E-state index is 9.12. The molecule has 5 heteroatoms. The molecular formula is C15H20ClN3O. The number of hydrogen-bond acceptors (Lipinski definition) is 4. The second-order valence-electron chi connectivity index (χ2n) is 5.17. The lowest BCUT2D eigenvalue weighted by molar-refractivity contribution is -0.0159. The van der Waals surface area contributed by atoms with Gasteiger partial charge in [-0.2, -0.15) is 5.26 Å². The fourth-order valence-electron chi connectivity index (χ4n) is 2.56. The van der Waals surface area contributed by atoms with Crippen molar-refractivity contribution in [1.82, 2.24) is 4.90 Å². The molecule has 0 bridgehead atoms. The highest BCUT2D eigenvalue weighted by atomic mass is 35.5. The van der Waals surface area contributed by atoms with Gasteiger partial charge in [-0.25, -0.2) is 0 Å². The maximum Gasteiger partial charge on any atom is 0.101 e. The van der Waals surface area contributed by atoms with Crippen molar-refractivity contribution in [2.24, 2.45) is 0 Å². The maximum absolute atomic E-state index is 9.12. The van der Waals surface area contributed by atoms with Crippen LogP contribution in [0.5, 0.6) is 0 Å². The van der Waals surface area contributed by atoms with E-state index in [4.69, 9.17) is 21.6 Å². The zero-order valence-corrected chi connectivity index (χ0v) is 12.7. The first kappa shape index (κ1) is 15.1. The van der Waals surface area contributed by atoms with Gasteiger partial charge in [0.05, 0.1) is 29.5 Å². The molecule has 0 aromatic heterocycles. The third-order valence-corrected chi connectivity index (χ3v) is 4.01. The van der Waals surface area contributed by atoms with E-state index in [2.05, 4.69) is 30.1 Å². The molecule has 2 rings (SSSR count). The summed E-state index contributed by atoms with van der Waals surface area (Å²) in [6.45, 7) is 7.61. The minimum absolute atomic E-state index is 0.358. The first-order chi connectivity index (χ1) is 9.63. The minimum atomic E-state index is 0.358. The van der Waals surface area contributed by atoms with Crippen LogP contribution in [-0.2, 0) is 4.74 Å². The average Bonchev–Trinajstić information content (AvgIpc) is 2.46. The molecule has 2 atom stereocenters. The lowest BCUT2D eigenvalue weighted by Crippen LogP contribution is -2.50. The van der Waals surface area contributed by atoms with E-state index in [1.807, 2.05) is 0 Å². The van der Waals surface area contributed by atoms with Crippen molar-refractivity contribution in [2.45, 2.75) is 25.9 Å². The Labute approximate surface area is 125 Å². The van der Waals surface area contributed by atoms with Gasteiger partial charge in [-0.05, 0) is 26.0 Å². The molecule has 0 radical (unpaired) electrons. The number of halogens is 1. The summed E-state index contributed by atoms with van der Waals surface area (Å²) in [5, 5.41) is 13.0. The minimum Gasteiger partial charge on any atom is -0.381 e. The number of nitriles is 1. The van der Waals surface area contributed by atoms with E-state index in [0.29, 0.717) is 22.7 Å². The highest BCUT2D eigenvalue weighted by Crippen LogP contribution is 2.25. The van der Waals surface area contributed by atoms with Crippen LogP contribution in [0.1, 0.15) is 19.4 Å². The van der Waals surface area contributed by atoms with Crippen LogP contribution >= 0.6 is 11.6 Å². The van der Waals surface area contributed by atoms with Gasteiger partial charge in [-0.1, -0.05) is 17.7 Å². The van der Waals surface area contributed by atoms with E-state index in [1.54, 1.807) is 18.2 Å². The second-order valence-corrected chi connectivity index (χ2v) is 5.57. The predicted molar refractivity (Wildman–Crippen MR) is 81.1 cm³/mol. The summed E-state index contributed by atoms with van der Waals surface area (Å²) in [6.07, 6.45) is 0. The molecule has 0 amide bonds. The zero-order chi connectivity index (χ0) is 14.5. The zero-order valence-electron chi connectivity index (χ0n) is 11.9. The van der Waals surface area contributed by atoms with E-state index in [1.165, 1.54) is 0 Å². The predicted octanol–water partition coefficient (Wildman–Crippen LogP) is 2.73. The molecular weight excluding hydrogens is 274 g/mol. The van der Waals surface area contributed by atoms with Crippen LogP contribution in [0.25, 0.3) is 0 Å². The molecule has 0 saturated carbocycles. The summed E-state index contributed by atoms with van der Waals surface area (Å²) in [6, 6.07) is 8.31. The number of nitrogens with zero attached hydrogens (tertiary/aromatic N) is 2. The Morgan fingerprint density at radius 3 is 3.10 bits per heavy atom. The van der Waals surface area contributed by atoms with Crippen LogP contribution in [0.4, 0.5) is 5.69 Å². The number of benzene rings is 1. The van der Waals surface area contributed by atoms with Crippen molar-refractivity contribution < 1.29 is 4.74 Å². The first-order valence-corrected chi connectivity index (χ1v) is 7.27. The molecule has 1 heterocycles. The van der Waals surface area contributed by atoms with Gasteiger partial charge >= 0.3 is 0 Å². The molecule has 108 valence electrons. The van der Waals surface area contributed by atoms with E-state index >= 15 is 0 Å². The van der Waals surface area contributed by atoms with Gasteiger partial charge in [-0.3, -0.25) is 4.90 Å². The Hall–Kier alpha value is -1.28. The lowest BCUT2D eigenvalue weighted by atomic mass is 10.1. The molecule has 0 aliphatic carbocycles. The topological polar surface area (TPSA) is 48.3 Å². The normalized spacial score (nSPS) is 21.2. The Bertz CT molecular complexity index is 500. The van der Waals surface area contributed by atoms with Crippen LogP contribution < -0.4 is 5.32 Å². The third-order valence-electron chi connectivity index (χ3n) is 3.69. The number of hydrogen-bond donors (Lipinski definition) is 1. The second kappa shape index (κ2) is 6.94. The molecule has 1 saturated heterocycles. The van der Waals surface area contributed by atoms with Crippen molar-refractivity contribution in [1.29, 1.82) is 5.26 Å². The van der Waals surface area contributed by atoms with Crippen LogP contribution in [0.2, 0.25) is 5.02 Å². The molecule has 1 aromatic rings. The van der Waals surface area contributed by atoms with Crippen LogP contribution in [0, 0.1) is 11.3 Å². The Balaban J connectivity index is 2.00. The van der Waals surface area contributed by atoms with Gasteiger partial charge in [0.15, 0.2) is 0 Å². The van der Waals surface area contributed by atoms with E-state index in [0.717, 1.165) is 32.0 Å². The van der Waals surface area contributed by atoms with E-state index in [9.17, 15) is 0 Å². The third kappa shape index (κ3) is 3.43. The molecule has 1 N–H and O–H groups in total. The summed E-state index contributed by atoms with van der Waals surface area (Å²) in [7, 11) is 0. The molecule has 1 aliphatic rings. The number of rotatable bonds is 4. The van der Waals surface area contributed by atoms with E-state index < -0.39 is 0 Å². The highest BCUT2D eigenvalue weighted by molar-refractivity contribution is 6.33. The fourth-order valence-corrected chi connectivity index (χ4v) is 2.80. The van der Waals surface area contributed by atoms with Crippen molar-refractivity contribution in [3.63, 3.8) is 0 Å². The van der Waals surface area contributed by atoms with E-state index in [-0.39, 0.29) is 0 Å². The highest BCUT2D eigenvalue weighted by Gasteiger charge is 2.23. The van der Waals surface area contributed by atoms with Crippen molar-refractivity contribution in [3.05, 3.63) is 28.8 Å². The van der Waals surface area contributed by atoms with Crippen LogP contribution in [0.15, 0.2) is 18.2 Å². The molecule has 4 nitrogen and oxygen atoms in total. The monoisotopic (exact) mass is 293 g/mol. The van der Waals surface area contributed by atoms with Gasteiger partial charge in [0.1, 0.15) is 6.07 Å². The molecule has 1 aromatic carbocycles. The first-order valence-electron chi connectivity index (χ1n) is 6.89. The smallest absolute Gasteiger partial charge is 0.101 e. The number of anilines is 1. The average molecular weight is 294 g/mol. The number of nitrogens with one attached hydrogen (secondary N) is 1. The molecule has 1 aliphatic heterocycles. The van der Waals surface area contributed by atoms with Gasteiger partial charge < -0.3 is 10.1 Å². The summed E-state index contributed by atoms with van der Waals surface area (Å²) in [5.41, 5.74) is 1.31. The van der Waals surface area contributed by atoms with Crippen molar-refractivity contribution in [3.8, 4) is 6.07 Å². The van der Waals surface area contributed by atoms with Crippen LogP contribution in [0.3, 0.4) is 0 Å². The largest absolute Gasteiger partial charge is 0.381 e. The molecule has 1 fully saturated rings. The van der Waals surface area contributed by atoms with Crippen molar-refractivity contribution in [2.75, 3.05) is 31.6 Å². The molecule has 0 spiro atoms. The van der Waals surface area contributed by atoms with Gasteiger partial charge in [0, 0.05) is 25.2 Å². The number of ether oxygens (including phenoxy) is 1. The van der Waals surface area contributed by atoms with Gasteiger partial charge in [-0.15, -0.1) is 0 Å². The van der Waals surface area contributed by atoms with Gasteiger partial charge in [0.2, 0.25) is 0 Å². The summed E-state index contributed by atoms with van der Waals surface area (Å²) >= 11 is 6.16. The Morgan fingerprint density at radius 2 is 2.40 bits per heavy atom. The standard InChI is InChI=1S/C15H20ClN3O/c1-11(19-6-7-20-10-12(19)2)9-18-15-13(8-17)4-3-5-14(15)16/h3-5,11-12,18H,6-7,9-10H2,1-2H3. The summed E-state index contributed by atoms with van der Waals surface area (Å²) in [4.78, 5) is 2.42. The number of morpholine rings is 1. The lowest BCUT2D eigenvalue weighted by Gasteiger charge is -2.38. The molecule has 2 unspecified atom stereocenters. The quantitative estimate of drug-likeness (QED) is 0.927. The van der Waals surface area contributed by atoms with Crippen LogP contribution in [-0.4, -0.2) is 43.3 Å². The van der Waals surface area contributed by atoms with Crippen molar-refractivity contribution >= 4 is 17.3 Å². The SMILES string of the molecule is CC(CNc1c(Cl)cccc1C#N)N1CCOCC1C. The number of para-hydroxylation sites is 1. The Kier molecular flexibility index (Phi) is 5.24. The summed E-state index contributed by atoms with van der Waals surface area (Å²) < 4.78 is 5.45. The fraction of sp³-hybridized carbons (Fsp3) is 0.533. The van der Waals surface area contributed by atoms with Gasteiger partial charge in [0.25, 0.3) is 0 Å².